The van der Waals surface area contributed by atoms with Gasteiger partial charge in [-0.2, -0.15) is 0 Å². The number of carbonyl (C=O) groups is 1. The van der Waals surface area contributed by atoms with Crippen molar-refractivity contribution in [2.24, 2.45) is 0 Å². The third-order valence-corrected chi connectivity index (χ3v) is 2.84. The molecule has 0 saturated carbocycles. The van der Waals surface area contributed by atoms with Crippen molar-refractivity contribution in [1.82, 2.24) is 0 Å². The Morgan fingerprint density at radius 1 is 1.33 bits per heavy atom. The Balaban J connectivity index is 2.67. The van der Waals surface area contributed by atoms with Crippen LogP contribution in [-0.2, 0) is 9.53 Å². The van der Waals surface area contributed by atoms with E-state index in [1.165, 1.54) is 12.1 Å². The highest BCUT2D eigenvalue weighted by molar-refractivity contribution is 5.70. The van der Waals surface area contributed by atoms with Crippen molar-refractivity contribution >= 4 is 5.97 Å². The molecule has 2 nitrogen and oxygen atoms in total. The van der Waals surface area contributed by atoms with Crippen LogP contribution in [-0.4, -0.2) is 12.6 Å². The van der Waals surface area contributed by atoms with Gasteiger partial charge in [0.05, 0.1) is 13.0 Å². The summed E-state index contributed by atoms with van der Waals surface area (Å²) in [6, 6.07) is 6.48. The van der Waals surface area contributed by atoms with Gasteiger partial charge in [-0.15, -0.1) is 0 Å². The molecular weight excluding hydrogens is 231 g/mol. The lowest BCUT2D eigenvalue weighted by Crippen LogP contribution is -2.11. The van der Waals surface area contributed by atoms with Crippen molar-refractivity contribution in [3.8, 4) is 0 Å². The molecule has 0 heterocycles. The molecule has 0 N–H and O–H groups in total. The van der Waals surface area contributed by atoms with Crippen LogP contribution in [0.5, 0.6) is 0 Å². The molecule has 1 aromatic carbocycles. The van der Waals surface area contributed by atoms with Gasteiger partial charge in [0.25, 0.3) is 0 Å². The van der Waals surface area contributed by atoms with Crippen molar-refractivity contribution in [3.63, 3.8) is 0 Å². The van der Waals surface area contributed by atoms with E-state index in [-0.39, 0.29) is 17.7 Å². The largest absolute Gasteiger partial charge is 0.466 e. The molecule has 1 unspecified atom stereocenters. The summed E-state index contributed by atoms with van der Waals surface area (Å²) in [4.78, 5) is 11.6. The van der Waals surface area contributed by atoms with Crippen molar-refractivity contribution < 1.29 is 13.9 Å². The zero-order chi connectivity index (χ0) is 13.4. The predicted octanol–water partition coefficient (Wildman–Crippen LogP) is 4.05. The van der Waals surface area contributed by atoms with Crippen LogP contribution in [0.3, 0.4) is 0 Å². The van der Waals surface area contributed by atoms with Crippen LogP contribution < -0.4 is 0 Å². The summed E-state index contributed by atoms with van der Waals surface area (Å²) in [5.74, 6) is -0.398. The average Bonchev–Trinajstić information content (AvgIpc) is 2.36. The van der Waals surface area contributed by atoms with Crippen LogP contribution in [0.15, 0.2) is 24.3 Å². The fourth-order valence-electron chi connectivity index (χ4n) is 1.97. The summed E-state index contributed by atoms with van der Waals surface area (Å²) in [5.41, 5.74) is 0.880. The molecule has 0 aliphatic rings. The fourth-order valence-corrected chi connectivity index (χ4v) is 1.97. The maximum atomic E-state index is 13.2. The molecule has 0 aromatic heterocycles. The van der Waals surface area contributed by atoms with E-state index in [0.29, 0.717) is 13.0 Å². The van der Waals surface area contributed by atoms with Gasteiger partial charge in [0.2, 0.25) is 0 Å². The lowest BCUT2D eigenvalue weighted by molar-refractivity contribution is -0.144. The number of rotatable bonds is 7. The number of benzene rings is 1. The minimum atomic E-state index is -0.254. The summed E-state index contributed by atoms with van der Waals surface area (Å²) < 4.78 is 18.3. The number of carbonyl (C=O) groups excluding carboxylic acids is 1. The molecule has 0 radical (unpaired) electrons. The van der Waals surface area contributed by atoms with Gasteiger partial charge >= 0.3 is 5.97 Å². The molecule has 0 aliphatic heterocycles. The summed E-state index contributed by atoms with van der Waals surface area (Å²) in [5, 5.41) is 0. The standard InChI is InChI=1S/C15H21FO2/c1-3-6-12(11-15(17)18-9-4-2)13-7-5-8-14(16)10-13/h5,7-8,10,12H,3-4,6,9,11H2,1-2H3. The van der Waals surface area contributed by atoms with Crippen LogP contribution in [0.1, 0.15) is 51.0 Å². The maximum absolute atomic E-state index is 13.2. The first kappa shape index (κ1) is 14.7. The molecule has 0 bridgehead atoms. The lowest BCUT2D eigenvalue weighted by atomic mass is 9.91. The zero-order valence-electron chi connectivity index (χ0n) is 11.1. The van der Waals surface area contributed by atoms with Crippen LogP contribution in [0.25, 0.3) is 0 Å². The second kappa shape index (κ2) is 7.85. The zero-order valence-corrected chi connectivity index (χ0v) is 11.1. The fraction of sp³-hybridized carbons (Fsp3) is 0.533. The Kier molecular flexibility index (Phi) is 6.40. The van der Waals surface area contributed by atoms with Crippen LogP contribution in [0.4, 0.5) is 4.39 Å². The van der Waals surface area contributed by atoms with Gasteiger partial charge in [-0.1, -0.05) is 32.4 Å². The Hall–Kier alpha value is -1.38. The van der Waals surface area contributed by atoms with Crippen LogP contribution >= 0.6 is 0 Å². The lowest BCUT2D eigenvalue weighted by Gasteiger charge is -2.16. The number of halogens is 1. The van der Waals surface area contributed by atoms with E-state index in [0.717, 1.165) is 24.8 Å². The predicted molar refractivity (Wildman–Crippen MR) is 69.9 cm³/mol. The number of hydrogen-bond acceptors (Lipinski definition) is 2. The summed E-state index contributed by atoms with van der Waals surface area (Å²) in [7, 11) is 0. The third-order valence-electron chi connectivity index (χ3n) is 2.84. The van der Waals surface area contributed by atoms with Crippen LogP contribution in [0.2, 0.25) is 0 Å². The molecule has 18 heavy (non-hydrogen) atoms. The van der Waals surface area contributed by atoms with Gasteiger partial charge in [0, 0.05) is 0 Å². The highest BCUT2D eigenvalue weighted by Gasteiger charge is 2.16. The Bertz CT molecular complexity index is 377. The molecule has 0 saturated heterocycles. The van der Waals surface area contributed by atoms with Gasteiger partial charge in [0.1, 0.15) is 5.82 Å². The van der Waals surface area contributed by atoms with Gasteiger partial charge in [-0.3, -0.25) is 4.79 Å². The number of ether oxygens (including phenoxy) is 1. The second-order valence-electron chi connectivity index (χ2n) is 4.47. The average molecular weight is 252 g/mol. The van der Waals surface area contributed by atoms with Crippen molar-refractivity contribution in [2.75, 3.05) is 6.61 Å². The summed E-state index contributed by atoms with van der Waals surface area (Å²) in [6.45, 7) is 4.48. The van der Waals surface area contributed by atoms with Gasteiger partial charge in [0.15, 0.2) is 0 Å². The minimum Gasteiger partial charge on any atom is -0.466 e. The third kappa shape index (κ3) is 4.86. The van der Waals surface area contributed by atoms with E-state index in [9.17, 15) is 9.18 Å². The first-order valence-corrected chi connectivity index (χ1v) is 6.58. The summed E-state index contributed by atoms with van der Waals surface area (Å²) >= 11 is 0. The van der Waals surface area contributed by atoms with Gasteiger partial charge < -0.3 is 4.74 Å². The van der Waals surface area contributed by atoms with E-state index in [1.54, 1.807) is 6.07 Å². The first-order valence-electron chi connectivity index (χ1n) is 6.58. The van der Waals surface area contributed by atoms with E-state index >= 15 is 0 Å². The van der Waals surface area contributed by atoms with E-state index < -0.39 is 0 Å². The van der Waals surface area contributed by atoms with Crippen molar-refractivity contribution in [3.05, 3.63) is 35.6 Å². The molecule has 0 spiro atoms. The van der Waals surface area contributed by atoms with E-state index in [1.807, 2.05) is 13.0 Å². The van der Waals surface area contributed by atoms with Gasteiger partial charge in [-0.25, -0.2) is 4.39 Å². The normalized spacial score (nSPS) is 12.2. The first-order chi connectivity index (χ1) is 8.67. The Labute approximate surface area is 108 Å². The van der Waals surface area contributed by atoms with E-state index in [4.69, 9.17) is 4.74 Å². The monoisotopic (exact) mass is 252 g/mol. The molecule has 1 rings (SSSR count). The highest BCUT2D eigenvalue weighted by Crippen LogP contribution is 2.25. The topological polar surface area (TPSA) is 26.3 Å². The number of hydrogen-bond donors (Lipinski definition) is 0. The maximum Gasteiger partial charge on any atom is 0.306 e. The molecular formula is C15H21FO2. The van der Waals surface area contributed by atoms with Crippen molar-refractivity contribution in [1.29, 1.82) is 0 Å². The quantitative estimate of drug-likeness (QED) is 0.684. The van der Waals surface area contributed by atoms with Crippen molar-refractivity contribution in [2.45, 2.75) is 45.4 Å². The molecule has 0 aliphatic carbocycles. The molecule has 0 amide bonds. The SMILES string of the molecule is CCCOC(=O)CC(CCC)c1cccc(F)c1. The molecule has 3 heteroatoms. The Morgan fingerprint density at radius 3 is 2.72 bits per heavy atom. The van der Waals surface area contributed by atoms with E-state index in [2.05, 4.69) is 6.92 Å². The molecule has 1 atom stereocenters. The number of esters is 1. The van der Waals surface area contributed by atoms with Crippen LogP contribution in [0, 0.1) is 5.82 Å². The molecule has 1 aromatic rings. The Morgan fingerprint density at radius 2 is 2.11 bits per heavy atom. The minimum absolute atomic E-state index is 0.0510. The van der Waals surface area contributed by atoms with Gasteiger partial charge in [-0.05, 0) is 36.5 Å². The molecule has 100 valence electrons. The highest BCUT2D eigenvalue weighted by atomic mass is 19.1. The molecule has 0 fully saturated rings. The second-order valence-corrected chi connectivity index (χ2v) is 4.47. The smallest absolute Gasteiger partial charge is 0.306 e. The summed E-state index contributed by atoms with van der Waals surface area (Å²) in [6.07, 6.45) is 2.98.